The molecule has 0 aromatic carbocycles. The third kappa shape index (κ3) is 2.20. The highest BCUT2D eigenvalue weighted by molar-refractivity contribution is 5.90. The summed E-state index contributed by atoms with van der Waals surface area (Å²) in [5.41, 5.74) is 0. The highest BCUT2D eigenvalue weighted by atomic mass is 16.3. The zero-order valence-electron chi connectivity index (χ0n) is 6.67. The van der Waals surface area contributed by atoms with E-state index in [0.717, 1.165) is 0 Å². The third-order valence-corrected chi connectivity index (χ3v) is 1.72. The number of hydrogen-bond acceptors (Lipinski definition) is 3. The summed E-state index contributed by atoms with van der Waals surface area (Å²) in [4.78, 5) is 21.8. The Labute approximate surface area is 70.1 Å². The Hall–Kier alpha value is -1.10. The molecule has 0 radical (unpaired) electrons. The quantitative estimate of drug-likeness (QED) is 0.478. The van der Waals surface area contributed by atoms with Gasteiger partial charge in [0, 0.05) is 13.0 Å². The van der Waals surface area contributed by atoms with Crippen molar-refractivity contribution in [2.24, 2.45) is 0 Å². The molecule has 5 nitrogen and oxygen atoms in total. The summed E-state index contributed by atoms with van der Waals surface area (Å²) in [6.07, 6.45) is 0.966. The minimum Gasteiger partial charge on any atom is -0.395 e. The van der Waals surface area contributed by atoms with Crippen molar-refractivity contribution in [3.8, 4) is 0 Å². The molecule has 12 heavy (non-hydrogen) atoms. The number of aliphatic hydroxyl groups excluding tert-OH is 1. The van der Waals surface area contributed by atoms with Crippen LogP contribution in [0.25, 0.3) is 0 Å². The van der Waals surface area contributed by atoms with E-state index >= 15 is 0 Å². The molecule has 68 valence electrons. The maximum Gasteiger partial charge on any atom is 0.242 e. The van der Waals surface area contributed by atoms with Gasteiger partial charge in [-0.1, -0.05) is 0 Å². The lowest BCUT2D eigenvalue weighted by atomic mass is 10.2. The normalized spacial score (nSPS) is 22.1. The molecule has 0 unspecified atom stereocenters. The van der Waals surface area contributed by atoms with Crippen molar-refractivity contribution in [1.82, 2.24) is 10.6 Å². The van der Waals surface area contributed by atoms with Gasteiger partial charge < -0.3 is 15.7 Å². The summed E-state index contributed by atoms with van der Waals surface area (Å²) in [5, 5.41) is 13.4. The predicted octanol–water partition coefficient (Wildman–Crippen LogP) is -1.63. The summed E-state index contributed by atoms with van der Waals surface area (Å²) in [6.45, 7) is 0.164. The van der Waals surface area contributed by atoms with Crippen LogP contribution < -0.4 is 10.6 Å². The fourth-order valence-corrected chi connectivity index (χ4v) is 1.11. The second-order valence-corrected chi connectivity index (χ2v) is 2.67. The van der Waals surface area contributed by atoms with E-state index in [4.69, 9.17) is 5.11 Å². The Morgan fingerprint density at radius 3 is 3.00 bits per heavy atom. The first-order chi connectivity index (χ1) is 5.74. The van der Waals surface area contributed by atoms with Gasteiger partial charge in [-0.2, -0.15) is 0 Å². The molecule has 5 heteroatoms. The van der Waals surface area contributed by atoms with Crippen LogP contribution in [-0.2, 0) is 9.59 Å². The van der Waals surface area contributed by atoms with E-state index in [1.807, 2.05) is 0 Å². The molecular formula is C7H12N2O3. The molecule has 0 bridgehead atoms. The molecule has 1 heterocycles. The van der Waals surface area contributed by atoms with Gasteiger partial charge in [0.05, 0.1) is 6.61 Å². The second kappa shape index (κ2) is 4.06. The molecule has 0 saturated carbocycles. The fourth-order valence-electron chi connectivity index (χ4n) is 1.11. The largest absolute Gasteiger partial charge is 0.395 e. The molecule has 3 N–H and O–H groups in total. The molecule has 0 aromatic rings. The zero-order chi connectivity index (χ0) is 8.97. The molecule has 1 atom stereocenters. The summed E-state index contributed by atoms with van der Waals surface area (Å²) in [5.74, 6) is -0.297. The number of amides is 2. The lowest BCUT2D eigenvalue weighted by Gasteiger charge is -2.08. The van der Waals surface area contributed by atoms with Crippen LogP contribution in [0.1, 0.15) is 12.8 Å². The Bertz CT molecular complexity index is 193. The number of nitrogens with one attached hydrogen (secondary N) is 2. The maximum absolute atomic E-state index is 11.1. The summed E-state index contributed by atoms with van der Waals surface area (Å²) in [7, 11) is 0. The number of carbonyl (C=O) groups excluding carboxylic acids is 2. The molecule has 1 aliphatic heterocycles. The predicted molar refractivity (Wildman–Crippen MR) is 41.3 cm³/mol. The SMILES string of the molecule is O=C1CC[C@@H](C(=O)NCCO)N1. The molecule has 0 aliphatic carbocycles. The van der Waals surface area contributed by atoms with E-state index in [-0.39, 0.29) is 25.0 Å². The number of hydrogen-bond donors (Lipinski definition) is 3. The minimum absolute atomic E-state index is 0.0770. The van der Waals surface area contributed by atoms with Crippen molar-refractivity contribution in [3.63, 3.8) is 0 Å². The highest BCUT2D eigenvalue weighted by Gasteiger charge is 2.26. The van der Waals surface area contributed by atoms with Crippen molar-refractivity contribution in [1.29, 1.82) is 0 Å². The Balaban J connectivity index is 2.28. The van der Waals surface area contributed by atoms with Gasteiger partial charge in [-0.25, -0.2) is 0 Å². The van der Waals surface area contributed by atoms with E-state index in [1.54, 1.807) is 0 Å². The van der Waals surface area contributed by atoms with Gasteiger partial charge in [0.2, 0.25) is 11.8 Å². The van der Waals surface area contributed by atoms with Crippen LogP contribution in [0.3, 0.4) is 0 Å². The average molecular weight is 172 g/mol. The molecular weight excluding hydrogens is 160 g/mol. The van der Waals surface area contributed by atoms with Gasteiger partial charge in [0.25, 0.3) is 0 Å². The Morgan fingerprint density at radius 2 is 2.50 bits per heavy atom. The molecule has 0 spiro atoms. The van der Waals surface area contributed by atoms with Gasteiger partial charge >= 0.3 is 0 Å². The summed E-state index contributed by atoms with van der Waals surface area (Å²) < 4.78 is 0. The van der Waals surface area contributed by atoms with Crippen LogP contribution >= 0.6 is 0 Å². The first-order valence-corrected chi connectivity index (χ1v) is 3.92. The number of carbonyl (C=O) groups is 2. The van der Waals surface area contributed by atoms with Gasteiger partial charge in [0.1, 0.15) is 6.04 Å². The first-order valence-electron chi connectivity index (χ1n) is 3.92. The van der Waals surface area contributed by atoms with E-state index in [9.17, 15) is 9.59 Å². The van der Waals surface area contributed by atoms with Crippen molar-refractivity contribution in [2.45, 2.75) is 18.9 Å². The topological polar surface area (TPSA) is 78.4 Å². The van der Waals surface area contributed by atoms with Crippen molar-refractivity contribution < 1.29 is 14.7 Å². The van der Waals surface area contributed by atoms with Crippen molar-refractivity contribution in [3.05, 3.63) is 0 Å². The van der Waals surface area contributed by atoms with Gasteiger partial charge in [-0.15, -0.1) is 0 Å². The zero-order valence-corrected chi connectivity index (χ0v) is 6.67. The Kier molecular flexibility index (Phi) is 3.04. The average Bonchev–Trinajstić information content (AvgIpc) is 2.47. The molecule has 1 aliphatic rings. The lowest BCUT2D eigenvalue weighted by molar-refractivity contribution is -0.125. The van der Waals surface area contributed by atoms with Crippen molar-refractivity contribution in [2.75, 3.05) is 13.2 Å². The van der Waals surface area contributed by atoms with Gasteiger partial charge in [0.15, 0.2) is 0 Å². The lowest BCUT2D eigenvalue weighted by Crippen LogP contribution is -2.42. The van der Waals surface area contributed by atoms with Gasteiger partial charge in [-0.3, -0.25) is 9.59 Å². The molecule has 2 amide bonds. The van der Waals surface area contributed by atoms with Crippen LogP contribution in [-0.4, -0.2) is 36.1 Å². The first kappa shape index (κ1) is 8.99. The van der Waals surface area contributed by atoms with E-state index in [2.05, 4.69) is 10.6 Å². The molecule has 1 rings (SSSR count). The second-order valence-electron chi connectivity index (χ2n) is 2.67. The molecule has 1 fully saturated rings. The van der Waals surface area contributed by atoms with E-state index < -0.39 is 6.04 Å². The van der Waals surface area contributed by atoms with Gasteiger partial charge in [-0.05, 0) is 6.42 Å². The Morgan fingerprint density at radius 1 is 1.75 bits per heavy atom. The monoisotopic (exact) mass is 172 g/mol. The summed E-state index contributed by atoms with van der Waals surface area (Å²) in [6, 6.07) is -0.399. The van der Waals surface area contributed by atoms with Crippen LogP contribution in [0.4, 0.5) is 0 Å². The van der Waals surface area contributed by atoms with E-state index in [1.165, 1.54) is 0 Å². The molecule has 1 saturated heterocycles. The number of aliphatic hydroxyl groups is 1. The smallest absolute Gasteiger partial charge is 0.242 e. The number of rotatable bonds is 3. The third-order valence-electron chi connectivity index (χ3n) is 1.72. The maximum atomic E-state index is 11.1. The summed E-state index contributed by atoms with van der Waals surface area (Å²) >= 11 is 0. The molecule has 0 aromatic heterocycles. The van der Waals surface area contributed by atoms with Crippen LogP contribution in [0.5, 0.6) is 0 Å². The highest BCUT2D eigenvalue weighted by Crippen LogP contribution is 2.05. The minimum atomic E-state index is -0.399. The van der Waals surface area contributed by atoms with E-state index in [0.29, 0.717) is 12.8 Å². The van der Waals surface area contributed by atoms with Crippen LogP contribution in [0, 0.1) is 0 Å². The standard InChI is InChI=1S/C7H12N2O3/c10-4-3-8-7(12)5-1-2-6(11)9-5/h5,10H,1-4H2,(H,8,12)(H,9,11)/t5-/m0/s1. The fraction of sp³-hybridized carbons (Fsp3) is 0.714. The van der Waals surface area contributed by atoms with Crippen LogP contribution in [0.2, 0.25) is 0 Å². The van der Waals surface area contributed by atoms with Crippen molar-refractivity contribution >= 4 is 11.8 Å². The van der Waals surface area contributed by atoms with Crippen LogP contribution in [0.15, 0.2) is 0 Å².